The molecule has 3 N–H and O–H groups in total. The first-order chi connectivity index (χ1) is 12.6. The number of fused-ring (bicyclic) bond motifs is 1. The molecule has 134 valence electrons. The van der Waals surface area contributed by atoms with E-state index in [1.54, 1.807) is 36.4 Å². The molecule has 3 amide bonds. The summed E-state index contributed by atoms with van der Waals surface area (Å²) in [7, 11) is 0. The third kappa shape index (κ3) is 4.00. The number of carbonyl (C=O) groups is 3. The van der Waals surface area contributed by atoms with E-state index >= 15 is 0 Å². The number of hydrogen-bond donors (Lipinski definition) is 3. The van der Waals surface area contributed by atoms with Gasteiger partial charge in [0, 0.05) is 24.2 Å². The molecule has 1 aliphatic rings. The lowest BCUT2D eigenvalue weighted by molar-refractivity contribution is -0.118. The van der Waals surface area contributed by atoms with Gasteiger partial charge in [-0.15, -0.1) is 0 Å². The molecule has 0 unspecified atom stereocenters. The molecule has 0 radical (unpaired) electrons. The molecule has 0 saturated carbocycles. The number of anilines is 1. The van der Waals surface area contributed by atoms with Gasteiger partial charge in [0.15, 0.2) is 6.61 Å². The van der Waals surface area contributed by atoms with Crippen LogP contribution in [0.3, 0.4) is 0 Å². The van der Waals surface area contributed by atoms with Gasteiger partial charge in [-0.1, -0.05) is 12.1 Å². The molecule has 7 nitrogen and oxygen atoms in total. The normalized spacial score (nSPS) is 12.4. The van der Waals surface area contributed by atoms with Gasteiger partial charge in [0.05, 0.1) is 5.69 Å². The molecule has 2 aromatic carbocycles. The molecule has 2 aromatic rings. The van der Waals surface area contributed by atoms with E-state index in [9.17, 15) is 14.4 Å². The molecule has 0 fully saturated rings. The molecule has 1 aliphatic heterocycles. The van der Waals surface area contributed by atoms with Crippen LogP contribution in [0.4, 0.5) is 5.69 Å². The fourth-order valence-corrected chi connectivity index (χ4v) is 2.59. The van der Waals surface area contributed by atoms with Gasteiger partial charge in [-0.2, -0.15) is 0 Å². The van der Waals surface area contributed by atoms with Crippen molar-refractivity contribution in [1.82, 2.24) is 10.6 Å². The summed E-state index contributed by atoms with van der Waals surface area (Å²) in [5.41, 5.74) is 2.35. The molecule has 7 heteroatoms. The number of carbonyl (C=O) groups excluding carboxylic acids is 3. The van der Waals surface area contributed by atoms with Gasteiger partial charge in [0.2, 0.25) is 0 Å². The zero-order valence-corrected chi connectivity index (χ0v) is 14.3. The first-order valence-corrected chi connectivity index (χ1v) is 8.29. The number of ether oxygens (including phenoxy) is 1. The molecule has 0 spiro atoms. The monoisotopic (exact) mass is 353 g/mol. The lowest BCUT2D eigenvalue weighted by atomic mass is 10.1. The van der Waals surface area contributed by atoms with Gasteiger partial charge in [0.25, 0.3) is 17.7 Å². The van der Waals surface area contributed by atoms with Crippen LogP contribution in [0, 0.1) is 0 Å². The summed E-state index contributed by atoms with van der Waals surface area (Å²) in [4.78, 5) is 35.5. The first-order valence-electron chi connectivity index (χ1n) is 8.29. The second kappa shape index (κ2) is 7.69. The Balaban J connectivity index is 1.65. The van der Waals surface area contributed by atoms with Crippen LogP contribution >= 0.6 is 0 Å². The quantitative estimate of drug-likeness (QED) is 0.762. The van der Waals surface area contributed by atoms with Crippen molar-refractivity contribution in [2.75, 3.05) is 18.5 Å². The second-order valence-corrected chi connectivity index (χ2v) is 5.79. The number of rotatable bonds is 5. The van der Waals surface area contributed by atoms with E-state index in [0.717, 1.165) is 5.56 Å². The summed E-state index contributed by atoms with van der Waals surface area (Å²) in [6, 6.07) is 11.9. The van der Waals surface area contributed by atoms with Gasteiger partial charge in [0.1, 0.15) is 5.75 Å². The minimum Gasteiger partial charge on any atom is -0.482 e. The zero-order chi connectivity index (χ0) is 18.5. The van der Waals surface area contributed by atoms with Crippen molar-refractivity contribution in [3.05, 3.63) is 59.2 Å². The van der Waals surface area contributed by atoms with E-state index in [4.69, 9.17) is 4.74 Å². The fourth-order valence-electron chi connectivity index (χ4n) is 2.59. The van der Waals surface area contributed by atoms with Crippen molar-refractivity contribution in [1.29, 1.82) is 0 Å². The Morgan fingerprint density at radius 3 is 2.65 bits per heavy atom. The van der Waals surface area contributed by atoms with Crippen LogP contribution in [-0.4, -0.2) is 30.9 Å². The van der Waals surface area contributed by atoms with E-state index in [-0.39, 0.29) is 24.3 Å². The van der Waals surface area contributed by atoms with E-state index in [2.05, 4.69) is 16.0 Å². The smallest absolute Gasteiger partial charge is 0.262 e. The first kappa shape index (κ1) is 17.5. The maximum absolute atomic E-state index is 12.4. The van der Waals surface area contributed by atoms with Crippen LogP contribution in [0.2, 0.25) is 0 Å². The molecule has 0 atom stereocenters. The Morgan fingerprint density at radius 2 is 1.85 bits per heavy atom. The number of amides is 3. The van der Waals surface area contributed by atoms with Crippen molar-refractivity contribution in [2.24, 2.45) is 0 Å². The highest BCUT2D eigenvalue weighted by molar-refractivity contribution is 5.99. The minimum absolute atomic E-state index is 0.0648. The van der Waals surface area contributed by atoms with E-state index in [1.807, 2.05) is 13.0 Å². The predicted octanol–water partition coefficient (Wildman–Crippen LogP) is 1.70. The van der Waals surface area contributed by atoms with Crippen LogP contribution in [-0.2, 0) is 11.3 Å². The summed E-state index contributed by atoms with van der Waals surface area (Å²) >= 11 is 0. The van der Waals surface area contributed by atoms with Gasteiger partial charge < -0.3 is 20.7 Å². The van der Waals surface area contributed by atoms with Crippen LogP contribution in [0.25, 0.3) is 0 Å². The largest absolute Gasteiger partial charge is 0.482 e. The zero-order valence-electron chi connectivity index (χ0n) is 14.3. The van der Waals surface area contributed by atoms with Crippen LogP contribution in [0.15, 0.2) is 42.5 Å². The van der Waals surface area contributed by atoms with Crippen molar-refractivity contribution < 1.29 is 19.1 Å². The van der Waals surface area contributed by atoms with Crippen molar-refractivity contribution in [2.45, 2.75) is 13.5 Å². The SMILES string of the molecule is CCNC(=O)c1cccc(CNC(=O)c2ccc3c(c2)OCC(=O)N3)c1. The molecule has 0 bridgehead atoms. The van der Waals surface area contributed by atoms with Crippen LogP contribution in [0.1, 0.15) is 33.2 Å². The molecular weight excluding hydrogens is 334 g/mol. The van der Waals surface area contributed by atoms with Crippen molar-refractivity contribution in [3.8, 4) is 5.75 Å². The standard InChI is InChI=1S/C19H19N3O4/c1-2-20-18(24)13-5-3-4-12(8-13)10-21-19(25)14-6-7-15-16(9-14)26-11-17(23)22-15/h3-9H,2,10-11H2,1H3,(H,20,24)(H,21,25)(H,22,23). The second-order valence-electron chi connectivity index (χ2n) is 5.79. The summed E-state index contributed by atoms with van der Waals surface area (Å²) in [5.74, 6) is -0.163. The topological polar surface area (TPSA) is 96.5 Å². The maximum Gasteiger partial charge on any atom is 0.262 e. The molecular formula is C19H19N3O4. The highest BCUT2D eigenvalue weighted by Gasteiger charge is 2.17. The van der Waals surface area contributed by atoms with Gasteiger partial charge in [-0.25, -0.2) is 0 Å². The van der Waals surface area contributed by atoms with Gasteiger partial charge >= 0.3 is 0 Å². The van der Waals surface area contributed by atoms with E-state index < -0.39 is 0 Å². The average molecular weight is 353 g/mol. The predicted molar refractivity (Wildman–Crippen MR) is 96.2 cm³/mol. The molecule has 3 rings (SSSR count). The summed E-state index contributed by atoms with van der Waals surface area (Å²) in [6.07, 6.45) is 0. The average Bonchev–Trinajstić information content (AvgIpc) is 2.66. The lowest BCUT2D eigenvalue weighted by Gasteiger charge is -2.18. The lowest BCUT2D eigenvalue weighted by Crippen LogP contribution is -2.27. The molecule has 26 heavy (non-hydrogen) atoms. The highest BCUT2D eigenvalue weighted by atomic mass is 16.5. The van der Waals surface area contributed by atoms with Crippen LogP contribution in [0.5, 0.6) is 5.75 Å². The molecule has 0 aliphatic carbocycles. The van der Waals surface area contributed by atoms with E-state index in [1.165, 1.54) is 0 Å². The van der Waals surface area contributed by atoms with Crippen molar-refractivity contribution >= 4 is 23.4 Å². The summed E-state index contributed by atoms with van der Waals surface area (Å²) < 4.78 is 5.32. The Kier molecular flexibility index (Phi) is 5.17. The fraction of sp³-hybridized carbons (Fsp3) is 0.211. The maximum atomic E-state index is 12.4. The van der Waals surface area contributed by atoms with E-state index in [0.29, 0.717) is 35.7 Å². The van der Waals surface area contributed by atoms with Crippen molar-refractivity contribution in [3.63, 3.8) is 0 Å². The third-order valence-corrected chi connectivity index (χ3v) is 3.86. The summed E-state index contributed by atoms with van der Waals surface area (Å²) in [6.45, 7) is 2.64. The Hall–Kier alpha value is -3.35. The molecule has 0 aromatic heterocycles. The summed E-state index contributed by atoms with van der Waals surface area (Å²) in [5, 5.41) is 8.23. The molecule has 1 heterocycles. The Morgan fingerprint density at radius 1 is 1.08 bits per heavy atom. The number of nitrogens with one attached hydrogen (secondary N) is 3. The highest BCUT2D eigenvalue weighted by Crippen LogP contribution is 2.28. The number of benzene rings is 2. The van der Waals surface area contributed by atoms with Gasteiger partial charge in [-0.05, 0) is 42.8 Å². The van der Waals surface area contributed by atoms with Gasteiger partial charge in [-0.3, -0.25) is 14.4 Å². The Bertz CT molecular complexity index is 864. The Labute approximate surface area is 150 Å². The third-order valence-electron chi connectivity index (χ3n) is 3.86. The molecule has 0 saturated heterocycles. The van der Waals surface area contributed by atoms with Crippen LogP contribution < -0.4 is 20.7 Å². The minimum atomic E-state index is -0.267. The number of hydrogen-bond acceptors (Lipinski definition) is 4.